The summed E-state index contributed by atoms with van der Waals surface area (Å²) < 4.78 is 0. The Labute approximate surface area is 169 Å². The van der Waals surface area contributed by atoms with Crippen LogP contribution in [-0.2, 0) is 11.3 Å². The van der Waals surface area contributed by atoms with E-state index >= 15 is 0 Å². The molecule has 3 atom stereocenters. The maximum atomic E-state index is 12.1. The topological polar surface area (TPSA) is 45.2 Å². The van der Waals surface area contributed by atoms with Gasteiger partial charge >= 0.3 is 0 Å². The number of hydrogen-bond donors (Lipinski definition) is 1. The summed E-state index contributed by atoms with van der Waals surface area (Å²) in [5, 5.41) is 3.06. The van der Waals surface area contributed by atoms with Gasteiger partial charge < -0.3 is 5.32 Å². The third-order valence-corrected chi connectivity index (χ3v) is 6.67. The minimum absolute atomic E-state index is 0. The number of benzene rings is 1. The van der Waals surface area contributed by atoms with Gasteiger partial charge in [-0.05, 0) is 53.4 Å². The van der Waals surface area contributed by atoms with E-state index in [1.165, 1.54) is 25.1 Å². The van der Waals surface area contributed by atoms with Gasteiger partial charge in [0, 0.05) is 46.1 Å². The monoisotopic (exact) mass is 377 g/mol. The molecule has 4 nitrogen and oxygen atoms in total. The van der Waals surface area contributed by atoms with E-state index in [0.717, 1.165) is 36.9 Å². The van der Waals surface area contributed by atoms with Crippen molar-refractivity contribution in [3.63, 3.8) is 0 Å². The molecule has 1 aromatic carbocycles. The summed E-state index contributed by atoms with van der Waals surface area (Å²) in [4.78, 5) is 18.7. The van der Waals surface area contributed by atoms with Crippen LogP contribution < -0.4 is 5.32 Å². The van der Waals surface area contributed by atoms with E-state index in [2.05, 4.69) is 52.5 Å². The van der Waals surface area contributed by atoms with Crippen molar-refractivity contribution >= 4 is 12.0 Å². The number of likely N-dealkylation sites (tertiary alicyclic amines) is 1. The van der Waals surface area contributed by atoms with Gasteiger partial charge in [-0.2, -0.15) is 0 Å². The minimum Gasteiger partial charge on any atom is -0.353 e. The normalized spacial score (nSPS) is 26.3. The largest absolute Gasteiger partial charge is 0.353 e. The highest BCUT2D eigenvalue weighted by Gasteiger charge is 2.65. The van der Waals surface area contributed by atoms with Gasteiger partial charge in [0.15, 0.2) is 0 Å². The second-order valence-corrected chi connectivity index (χ2v) is 8.14. The van der Waals surface area contributed by atoms with E-state index in [1.807, 2.05) is 18.2 Å². The summed E-state index contributed by atoms with van der Waals surface area (Å²) in [6, 6.07) is 14.6. The van der Waals surface area contributed by atoms with Crippen LogP contribution in [0.4, 0.5) is 0 Å². The average molecular weight is 378 g/mol. The number of carbonyl (C=O) groups is 1. The standard InChI is InChI=1S/C24H29N3O.H2/c1-2-24(12-14-26-23(28)11-10-19-9-6-13-25-15-19)21-17-27(18-22(21)24)16-20-7-4-3-5-8-20;/h3-11,13,15,21-22H,2,12,14,16-18H2,1H3,(H,26,28);1H/b11-10+;/t21-,22+,24?;. The number of nitrogens with one attached hydrogen (secondary N) is 1. The van der Waals surface area contributed by atoms with Gasteiger partial charge in [0.05, 0.1) is 0 Å². The van der Waals surface area contributed by atoms with Crippen molar-refractivity contribution in [2.45, 2.75) is 26.3 Å². The lowest BCUT2D eigenvalue weighted by molar-refractivity contribution is -0.116. The molecule has 148 valence electrons. The highest BCUT2D eigenvalue weighted by atomic mass is 16.1. The van der Waals surface area contributed by atoms with Crippen LogP contribution in [0.1, 0.15) is 32.3 Å². The zero-order valence-corrected chi connectivity index (χ0v) is 16.6. The molecule has 4 rings (SSSR count). The fraction of sp³-hybridized carbons (Fsp3) is 0.417. The number of fused-ring (bicyclic) bond motifs is 1. The molecule has 28 heavy (non-hydrogen) atoms. The molecular formula is C24H31N3O. The Bertz CT molecular complexity index is 813. The smallest absolute Gasteiger partial charge is 0.244 e. The quantitative estimate of drug-likeness (QED) is 0.707. The molecule has 1 N–H and O–H groups in total. The van der Waals surface area contributed by atoms with Gasteiger partial charge in [0.25, 0.3) is 0 Å². The summed E-state index contributed by atoms with van der Waals surface area (Å²) in [5.74, 6) is 1.57. The number of hydrogen-bond acceptors (Lipinski definition) is 3. The first-order valence-electron chi connectivity index (χ1n) is 10.3. The first kappa shape index (κ1) is 18.9. The van der Waals surface area contributed by atoms with E-state index < -0.39 is 0 Å². The second kappa shape index (κ2) is 8.27. The predicted molar refractivity (Wildman–Crippen MR) is 114 cm³/mol. The van der Waals surface area contributed by atoms with Crippen LogP contribution in [0, 0.1) is 17.3 Å². The molecule has 1 amide bonds. The predicted octanol–water partition coefficient (Wildman–Crippen LogP) is 4.01. The first-order valence-corrected chi connectivity index (χ1v) is 10.3. The van der Waals surface area contributed by atoms with Crippen molar-refractivity contribution < 1.29 is 6.22 Å². The van der Waals surface area contributed by atoms with Gasteiger partial charge in [-0.15, -0.1) is 0 Å². The van der Waals surface area contributed by atoms with Crippen LogP contribution in [0.2, 0.25) is 0 Å². The van der Waals surface area contributed by atoms with E-state index in [4.69, 9.17) is 0 Å². The molecule has 4 heteroatoms. The van der Waals surface area contributed by atoms with Crippen molar-refractivity contribution in [3.8, 4) is 0 Å². The lowest BCUT2D eigenvalue weighted by atomic mass is 9.92. The van der Waals surface area contributed by atoms with Crippen molar-refractivity contribution in [1.29, 1.82) is 0 Å². The van der Waals surface area contributed by atoms with Crippen LogP contribution in [0.3, 0.4) is 0 Å². The number of rotatable bonds is 8. The average Bonchev–Trinajstić information content (AvgIpc) is 3.08. The zero-order valence-electron chi connectivity index (χ0n) is 16.6. The van der Waals surface area contributed by atoms with Gasteiger partial charge in [0.2, 0.25) is 5.91 Å². The van der Waals surface area contributed by atoms with E-state index in [1.54, 1.807) is 18.5 Å². The Morgan fingerprint density at radius 2 is 2.04 bits per heavy atom. The molecule has 2 fully saturated rings. The second-order valence-electron chi connectivity index (χ2n) is 8.14. The molecule has 1 saturated carbocycles. The lowest BCUT2D eigenvalue weighted by Gasteiger charge is -2.26. The molecule has 1 unspecified atom stereocenters. The third kappa shape index (κ3) is 4.02. The molecular weight excluding hydrogens is 346 g/mol. The fourth-order valence-electron chi connectivity index (χ4n) is 5.09. The molecule has 1 saturated heterocycles. The van der Waals surface area contributed by atoms with Crippen molar-refractivity contribution in [2.24, 2.45) is 17.3 Å². The van der Waals surface area contributed by atoms with Crippen LogP contribution in [0.15, 0.2) is 60.9 Å². The molecule has 1 aliphatic heterocycles. The van der Waals surface area contributed by atoms with Crippen LogP contribution in [0.25, 0.3) is 6.08 Å². The Hall–Kier alpha value is -2.46. The van der Waals surface area contributed by atoms with Gasteiger partial charge in [-0.1, -0.05) is 43.3 Å². The summed E-state index contributed by atoms with van der Waals surface area (Å²) in [6.45, 7) is 6.52. The van der Waals surface area contributed by atoms with Crippen molar-refractivity contribution in [3.05, 3.63) is 72.1 Å². The summed E-state index contributed by atoms with van der Waals surface area (Å²) in [7, 11) is 0. The number of aromatic nitrogens is 1. The zero-order chi connectivity index (χ0) is 19.4. The van der Waals surface area contributed by atoms with E-state index in [0.29, 0.717) is 5.41 Å². The van der Waals surface area contributed by atoms with Gasteiger partial charge in [0.1, 0.15) is 0 Å². The summed E-state index contributed by atoms with van der Waals surface area (Å²) in [5.41, 5.74) is 2.78. The fourth-order valence-corrected chi connectivity index (χ4v) is 5.09. The Balaban J connectivity index is 0.00000240. The van der Waals surface area contributed by atoms with Gasteiger partial charge in [-0.3, -0.25) is 14.7 Å². The summed E-state index contributed by atoms with van der Waals surface area (Å²) in [6.07, 6.45) is 9.20. The Morgan fingerprint density at radius 1 is 1.25 bits per heavy atom. The molecule has 0 spiro atoms. The maximum absolute atomic E-state index is 12.1. The molecule has 1 aromatic heterocycles. The van der Waals surface area contributed by atoms with Crippen LogP contribution >= 0.6 is 0 Å². The maximum Gasteiger partial charge on any atom is 0.244 e. The summed E-state index contributed by atoms with van der Waals surface area (Å²) >= 11 is 0. The third-order valence-electron chi connectivity index (χ3n) is 6.67. The molecule has 1 aliphatic carbocycles. The number of carbonyl (C=O) groups excluding carboxylic acids is 1. The number of amides is 1. The van der Waals surface area contributed by atoms with E-state index in [9.17, 15) is 4.79 Å². The lowest BCUT2D eigenvalue weighted by Crippen LogP contribution is -2.31. The first-order chi connectivity index (χ1) is 13.7. The molecule has 0 radical (unpaired) electrons. The van der Waals surface area contributed by atoms with Gasteiger partial charge in [-0.25, -0.2) is 0 Å². The van der Waals surface area contributed by atoms with Crippen molar-refractivity contribution in [2.75, 3.05) is 19.6 Å². The molecule has 2 aromatic rings. The van der Waals surface area contributed by atoms with E-state index in [-0.39, 0.29) is 7.33 Å². The SMILES string of the molecule is CCC1(CCNC(=O)/C=C/c2cccnc2)[C@@H]2CN(Cc3ccccc3)C[C@@H]21.[HH]. The molecule has 2 heterocycles. The number of nitrogens with zero attached hydrogens (tertiary/aromatic N) is 2. The van der Waals surface area contributed by atoms with Crippen LogP contribution in [-0.4, -0.2) is 35.4 Å². The Morgan fingerprint density at radius 3 is 2.71 bits per heavy atom. The Kier molecular flexibility index (Phi) is 5.58. The highest BCUT2D eigenvalue weighted by Crippen LogP contribution is 2.66. The number of pyridine rings is 1. The van der Waals surface area contributed by atoms with Crippen LogP contribution in [0.5, 0.6) is 0 Å². The molecule has 0 bridgehead atoms. The molecule has 2 aliphatic rings. The number of piperidine rings is 1. The minimum atomic E-state index is -0.0216. The van der Waals surface area contributed by atoms with Crippen molar-refractivity contribution in [1.82, 2.24) is 15.2 Å². The highest BCUT2D eigenvalue weighted by molar-refractivity contribution is 5.91.